The monoisotopic (exact) mass is 564 g/mol. The quantitative estimate of drug-likeness (QED) is 0.494. The summed E-state index contributed by atoms with van der Waals surface area (Å²) in [6.07, 6.45) is -2.64. The standard InChI is InChI=1S/C26H31F3N6O5/c1-15(26(27,28)29)10-19(36)22-30-11-18-23(33-22)35(16-6-5-9-34(18)12-16)24(37)32-20-7-4-8-21(31-20)38-13-17-14-39-25(2,3)40-17/h4,7-8,11,15-17H,5-6,9-10,12-14H2,1-3H3,(H,31,32,37)/t15-,16-,17+/m0/s1. The Balaban J connectivity index is 1.33. The summed E-state index contributed by atoms with van der Waals surface area (Å²) < 4.78 is 56.1. The Labute approximate surface area is 229 Å². The van der Waals surface area contributed by atoms with E-state index in [1.54, 1.807) is 18.2 Å². The number of rotatable bonds is 7. The molecule has 11 nitrogen and oxygen atoms in total. The van der Waals surface area contributed by atoms with E-state index >= 15 is 0 Å². The van der Waals surface area contributed by atoms with E-state index in [1.807, 2.05) is 18.7 Å². The molecule has 40 heavy (non-hydrogen) atoms. The summed E-state index contributed by atoms with van der Waals surface area (Å²) in [5.41, 5.74) is 0.540. The average Bonchev–Trinajstić information content (AvgIpc) is 3.25. The average molecular weight is 565 g/mol. The molecule has 3 aliphatic rings. The number of aromatic nitrogens is 3. The van der Waals surface area contributed by atoms with Gasteiger partial charge < -0.3 is 19.1 Å². The molecule has 0 radical (unpaired) electrons. The summed E-state index contributed by atoms with van der Waals surface area (Å²) in [5, 5.41) is 2.77. The van der Waals surface area contributed by atoms with E-state index in [4.69, 9.17) is 14.2 Å². The van der Waals surface area contributed by atoms with Crippen LogP contribution in [-0.2, 0) is 9.47 Å². The van der Waals surface area contributed by atoms with Gasteiger partial charge in [-0.15, -0.1) is 0 Å². The van der Waals surface area contributed by atoms with Gasteiger partial charge in [0.05, 0.1) is 30.5 Å². The topological polar surface area (TPSA) is 119 Å². The smallest absolute Gasteiger partial charge is 0.391 e. The molecule has 2 saturated heterocycles. The normalized spacial score (nSPS) is 22.4. The molecule has 5 rings (SSSR count). The highest BCUT2D eigenvalue weighted by molar-refractivity contribution is 6.04. The Morgan fingerprint density at radius 3 is 2.80 bits per heavy atom. The first-order valence-corrected chi connectivity index (χ1v) is 13.1. The van der Waals surface area contributed by atoms with Crippen LogP contribution in [-0.4, -0.2) is 77.2 Å². The molecule has 2 fully saturated rings. The van der Waals surface area contributed by atoms with Gasteiger partial charge >= 0.3 is 12.2 Å². The van der Waals surface area contributed by atoms with Gasteiger partial charge in [0.2, 0.25) is 11.7 Å². The minimum atomic E-state index is -4.52. The molecule has 2 bridgehead atoms. The van der Waals surface area contributed by atoms with Crippen LogP contribution in [0, 0.1) is 5.92 Å². The summed E-state index contributed by atoms with van der Waals surface area (Å²) >= 11 is 0. The van der Waals surface area contributed by atoms with Crippen molar-refractivity contribution in [3.63, 3.8) is 0 Å². The molecule has 0 saturated carbocycles. The van der Waals surface area contributed by atoms with Crippen LogP contribution >= 0.6 is 0 Å². The van der Waals surface area contributed by atoms with E-state index in [2.05, 4.69) is 20.3 Å². The number of ether oxygens (including phenoxy) is 3. The third-order valence-electron chi connectivity index (χ3n) is 7.04. The number of nitrogens with one attached hydrogen (secondary N) is 1. The number of halogens is 3. The molecular formula is C26H31F3N6O5. The number of urea groups is 1. The van der Waals surface area contributed by atoms with Gasteiger partial charge in [-0.25, -0.2) is 14.8 Å². The number of carbonyl (C=O) groups excluding carboxylic acids is 2. The van der Waals surface area contributed by atoms with Crippen molar-refractivity contribution in [3.05, 3.63) is 30.2 Å². The van der Waals surface area contributed by atoms with Crippen LogP contribution in [0.2, 0.25) is 0 Å². The molecule has 2 aromatic heterocycles. The summed E-state index contributed by atoms with van der Waals surface area (Å²) in [6.45, 7) is 6.43. The van der Waals surface area contributed by atoms with Crippen LogP contribution in [0.15, 0.2) is 24.4 Å². The van der Waals surface area contributed by atoms with Crippen molar-refractivity contribution in [3.8, 4) is 5.88 Å². The Hall–Kier alpha value is -3.52. The minimum absolute atomic E-state index is 0.180. The number of alkyl halides is 3. The molecule has 5 heterocycles. The second-order valence-corrected chi connectivity index (χ2v) is 10.6. The number of carbonyl (C=O) groups is 2. The van der Waals surface area contributed by atoms with Crippen molar-refractivity contribution >= 4 is 29.1 Å². The molecule has 14 heteroatoms. The van der Waals surface area contributed by atoms with Gasteiger partial charge in [-0.3, -0.25) is 15.0 Å². The Morgan fingerprint density at radius 2 is 2.08 bits per heavy atom. The van der Waals surface area contributed by atoms with Crippen LogP contribution in [0.5, 0.6) is 5.88 Å². The van der Waals surface area contributed by atoms with E-state index in [9.17, 15) is 22.8 Å². The van der Waals surface area contributed by atoms with Crippen molar-refractivity contribution in [1.82, 2.24) is 15.0 Å². The number of pyridine rings is 1. The number of hydrogen-bond acceptors (Lipinski definition) is 9. The van der Waals surface area contributed by atoms with Crippen LogP contribution in [0.1, 0.15) is 50.7 Å². The fraction of sp³-hybridized carbons (Fsp3) is 0.577. The Bertz CT molecular complexity index is 1280. The van der Waals surface area contributed by atoms with Crippen LogP contribution < -0.4 is 19.9 Å². The molecule has 0 unspecified atom stereocenters. The fourth-order valence-corrected chi connectivity index (χ4v) is 4.96. The van der Waals surface area contributed by atoms with Gasteiger partial charge in [0.15, 0.2) is 17.4 Å². The summed E-state index contributed by atoms with van der Waals surface area (Å²) in [6, 6.07) is 4.15. The molecular weight excluding hydrogens is 533 g/mol. The molecule has 2 amide bonds. The van der Waals surface area contributed by atoms with Gasteiger partial charge in [-0.05, 0) is 32.8 Å². The maximum absolute atomic E-state index is 13.6. The molecule has 0 aliphatic carbocycles. The lowest BCUT2D eigenvalue weighted by Gasteiger charge is -2.45. The van der Waals surface area contributed by atoms with Gasteiger partial charge in [0.1, 0.15) is 18.5 Å². The number of amides is 2. The van der Waals surface area contributed by atoms with Gasteiger partial charge in [-0.1, -0.05) is 13.0 Å². The minimum Gasteiger partial charge on any atom is -0.475 e. The second kappa shape index (κ2) is 10.8. The maximum atomic E-state index is 13.6. The number of anilines is 3. The van der Waals surface area contributed by atoms with Crippen LogP contribution in [0.25, 0.3) is 0 Å². The Morgan fingerprint density at radius 1 is 1.27 bits per heavy atom. The number of fused-ring (bicyclic) bond motifs is 4. The highest BCUT2D eigenvalue weighted by Crippen LogP contribution is 2.38. The van der Waals surface area contributed by atoms with Gasteiger partial charge in [0, 0.05) is 25.6 Å². The van der Waals surface area contributed by atoms with E-state index in [0.29, 0.717) is 31.8 Å². The fourth-order valence-electron chi connectivity index (χ4n) is 4.96. The first kappa shape index (κ1) is 28.0. The zero-order valence-corrected chi connectivity index (χ0v) is 22.4. The zero-order chi connectivity index (χ0) is 28.7. The number of ketones is 1. The molecule has 3 aliphatic heterocycles. The first-order chi connectivity index (χ1) is 18.9. The third kappa shape index (κ3) is 6.12. The molecule has 3 atom stereocenters. The van der Waals surface area contributed by atoms with Crippen molar-refractivity contribution in [2.75, 3.05) is 41.4 Å². The largest absolute Gasteiger partial charge is 0.475 e. The van der Waals surface area contributed by atoms with Crippen molar-refractivity contribution < 1.29 is 37.0 Å². The number of Topliss-reactive ketones (excluding diaryl/α,β-unsaturated/α-hetero) is 1. The lowest BCUT2D eigenvalue weighted by atomic mass is 10.00. The Kier molecular flexibility index (Phi) is 7.57. The zero-order valence-electron chi connectivity index (χ0n) is 22.4. The number of hydrogen-bond donors (Lipinski definition) is 1. The number of nitrogens with zero attached hydrogens (tertiary/aromatic N) is 5. The summed E-state index contributed by atoms with van der Waals surface area (Å²) in [4.78, 5) is 42.4. The van der Waals surface area contributed by atoms with Gasteiger partial charge in [-0.2, -0.15) is 18.2 Å². The lowest BCUT2D eigenvalue weighted by molar-refractivity contribution is -0.168. The lowest BCUT2D eigenvalue weighted by Crippen LogP contribution is -2.56. The van der Waals surface area contributed by atoms with E-state index in [-0.39, 0.29) is 42.1 Å². The predicted molar refractivity (Wildman–Crippen MR) is 138 cm³/mol. The molecule has 2 aromatic rings. The van der Waals surface area contributed by atoms with Crippen molar-refractivity contribution in [2.24, 2.45) is 5.92 Å². The van der Waals surface area contributed by atoms with Crippen LogP contribution in [0.4, 0.5) is 35.3 Å². The van der Waals surface area contributed by atoms with Crippen molar-refractivity contribution in [2.45, 2.75) is 64.1 Å². The number of piperidine rings is 1. The van der Waals surface area contributed by atoms with E-state index < -0.39 is 36.1 Å². The second-order valence-electron chi connectivity index (χ2n) is 10.6. The van der Waals surface area contributed by atoms with E-state index in [0.717, 1.165) is 13.3 Å². The maximum Gasteiger partial charge on any atom is 0.391 e. The summed E-state index contributed by atoms with van der Waals surface area (Å²) in [7, 11) is 0. The van der Waals surface area contributed by atoms with E-state index in [1.165, 1.54) is 11.1 Å². The van der Waals surface area contributed by atoms with Gasteiger partial charge in [0.25, 0.3) is 0 Å². The molecule has 0 spiro atoms. The van der Waals surface area contributed by atoms with Crippen LogP contribution in [0.3, 0.4) is 0 Å². The third-order valence-corrected chi connectivity index (χ3v) is 7.04. The van der Waals surface area contributed by atoms with Crippen molar-refractivity contribution in [1.29, 1.82) is 0 Å². The highest BCUT2D eigenvalue weighted by atomic mass is 19.4. The predicted octanol–water partition coefficient (Wildman–Crippen LogP) is 4.19. The SMILES string of the molecule is C[C@@H](CC(=O)c1ncc2c(n1)N(C(=O)Nc1cccc(OC[C@@H]3COC(C)(C)O3)n1)[C@H]1CCCN2C1)C(F)(F)F. The molecule has 0 aromatic carbocycles. The highest BCUT2D eigenvalue weighted by Gasteiger charge is 2.41. The summed E-state index contributed by atoms with van der Waals surface area (Å²) in [5.74, 6) is -3.03. The molecule has 216 valence electrons. The molecule has 1 N–H and O–H groups in total. The first-order valence-electron chi connectivity index (χ1n) is 13.1.